The summed E-state index contributed by atoms with van der Waals surface area (Å²) in [7, 11) is 0. The second-order valence-electron chi connectivity index (χ2n) is 6.89. The van der Waals surface area contributed by atoms with Crippen LogP contribution in [0.15, 0.2) is 91.1 Å². The number of amides is 1. The van der Waals surface area contributed by atoms with Gasteiger partial charge in [-0.3, -0.25) is 9.78 Å². The minimum atomic E-state index is -0.134. The van der Waals surface area contributed by atoms with Gasteiger partial charge in [0.15, 0.2) is 0 Å². The van der Waals surface area contributed by atoms with Crippen molar-refractivity contribution in [1.82, 2.24) is 4.98 Å². The first-order valence-electron chi connectivity index (χ1n) is 9.33. The summed E-state index contributed by atoms with van der Waals surface area (Å²) in [6.07, 6.45) is 2.65. The third-order valence-electron chi connectivity index (χ3n) is 5.20. The summed E-state index contributed by atoms with van der Waals surface area (Å²) in [6.45, 7) is 0. The van der Waals surface area contributed by atoms with E-state index in [9.17, 15) is 4.79 Å². The fraction of sp³-hybridized carbons (Fsp3) is 0.0400. The lowest BCUT2D eigenvalue weighted by molar-refractivity contribution is 0.102. The molecule has 0 aliphatic heterocycles. The number of fused-ring (bicyclic) bond motifs is 3. The molecule has 0 saturated carbocycles. The summed E-state index contributed by atoms with van der Waals surface area (Å²) >= 11 is 0. The monoisotopic (exact) mass is 362 g/mol. The third-order valence-corrected chi connectivity index (χ3v) is 5.20. The van der Waals surface area contributed by atoms with Gasteiger partial charge in [0.2, 0.25) is 0 Å². The van der Waals surface area contributed by atoms with Crippen molar-refractivity contribution >= 4 is 11.6 Å². The van der Waals surface area contributed by atoms with E-state index in [-0.39, 0.29) is 5.91 Å². The highest BCUT2D eigenvalue weighted by atomic mass is 16.1. The van der Waals surface area contributed by atoms with Crippen molar-refractivity contribution in [3.63, 3.8) is 0 Å². The molecule has 1 heterocycles. The van der Waals surface area contributed by atoms with Gasteiger partial charge in [-0.1, -0.05) is 60.7 Å². The molecule has 5 rings (SSSR count). The molecule has 4 aromatic rings. The molecular formula is C25H18N2O. The number of aromatic nitrogens is 1. The Bertz CT molecular complexity index is 1180. The van der Waals surface area contributed by atoms with Crippen LogP contribution >= 0.6 is 0 Å². The number of anilines is 1. The second kappa shape index (κ2) is 6.78. The van der Waals surface area contributed by atoms with Gasteiger partial charge in [0.25, 0.3) is 5.91 Å². The lowest BCUT2D eigenvalue weighted by atomic mass is 9.98. The Labute approximate surface area is 163 Å². The number of hydrogen-bond acceptors (Lipinski definition) is 2. The quantitative estimate of drug-likeness (QED) is 0.456. The summed E-state index contributed by atoms with van der Waals surface area (Å²) in [4.78, 5) is 17.3. The van der Waals surface area contributed by atoms with Crippen LogP contribution in [0.3, 0.4) is 0 Å². The van der Waals surface area contributed by atoms with Crippen LogP contribution in [0.4, 0.5) is 5.69 Å². The first-order valence-corrected chi connectivity index (χ1v) is 9.33. The van der Waals surface area contributed by atoms with Crippen molar-refractivity contribution in [2.24, 2.45) is 0 Å². The lowest BCUT2D eigenvalue weighted by Gasteiger charge is -2.13. The molecule has 3 aromatic carbocycles. The van der Waals surface area contributed by atoms with E-state index in [1.54, 1.807) is 6.20 Å². The molecule has 0 saturated heterocycles. The first kappa shape index (κ1) is 16.5. The molecule has 1 amide bonds. The van der Waals surface area contributed by atoms with Crippen molar-refractivity contribution in [3.8, 4) is 22.4 Å². The maximum Gasteiger partial charge on any atom is 0.255 e. The topological polar surface area (TPSA) is 42.0 Å². The highest BCUT2D eigenvalue weighted by Gasteiger charge is 2.23. The summed E-state index contributed by atoms with van der Waals surface area (Å²) in [6, 6.07) is 27.8. The highest BCUT2D eigenvalue weighted by molar-refractivity contribution is 6.06. The van der Waals surface area contributed by atoms with Crippen LogP contribution in [0.5, 0.6) is 0 Å². The van der Waals surface area contributed by atoms with Crippen molar-refractivity contribution in [3.05, 3.63) is 108 Å². The molecule has 0 spiro atoms. The van der Waals surface area contributed by atoms with Crippen molar-refractivity contribution < 1.29 is 4.79 Å². The molecule has 1 aromatic heterocycles. The van der Waals surface area contributed by atoms with Gasteiger partial charge in [-0.25, -0.2) is 0 Å². The number of pyridine rings is 1. The Kier molecular flexibility index (Phi) is 3.99. The number of benzene rings is 3. The molecular weight excluding hydrogens is 344 g/mol. The van der Waals surface area contributed by atoms with Crippen LogP contribution in [-0.2, 0) is 6.42 Å². The number of carbonyl (C=O) groups is 1. The van der Waals surface area contributed by atoms with Crippen molar-refractivity contribution in [2.75, 3.05) is 5.32 Å². The average molecular weight is 362 g/mol. The summed E-state index contributed by atoms with van der Waals surface area (Å²) < 4.78 is 0. The average Bonchev–Trinajstić information content (AvgIpc) is 3.14. The van der Waals surface area contributed by atoms with E-state index in [1.165, 1.54) is 22.3 Å². The minimum Gasteiger partial charge on any atom is -0.320 e. The fourth-order valence-electron chi connectivity index (χ4n) is 3.88. The van der Waals surface area contributed by atoms with Crippen molar-refractivity contribution in [1.29, 1.82) is 0 Å². The zero-order valence-electron chi connectivity index (χ0n) is 15.2. The van der Waals surface area contributed by atoms with Crippen LogP contribution < -0.4 is 5.32 Å². The minimum absolute atomic E-state index is 0.134. The maximum atomic E-state index is 12.7. The van der Waals surface area contributed by atoms with E-state index in [2.05, 4.69) is 52.8 Å². The standard InChI is InChI=1S/C25H18N2O/c28-25(17-8-2-1-3-9-17)27-23-14-7-15-26-24(23)21-13-6-12-20-19-11-5-4-10-18(19)16-22(20)21/h1-15H,16H2,(H,27,28). The van der Waals surface area contributed by atoms with Gasteiger partial charge in [0.05, 0.1) is 11.4 Å². The van der Waals surface area contributed by atoms with Gasteiger partial charge >= 0.3 is 0 Å². The van der Waals surface area contributed by atoms with E-state index >= 15 is 0 Å². The van der Waals surface area contributed by atoms with Gasteiger partial charge in [-0.2, -0.15) is 0 Å². The molecule has 0 bridgehead atoms. The van der Waals surface area contributed by atoms with Crippen LogP contribution in [0.25, 0.3) is 22.4 Å². The number of hydrogen-bond donors (Lipinski definition) is 1. The molecule has 0 unspecified atom stereocenters. The summed E-state index contributed by atoms with van der Waals surface area (Å²) in [5.74, 6) is -0.134. The largest absolute Gasteiger partial charge is 0.320 e. The molecule has 3 heteroatoms. The SMILES string of the molecule is O=C(Nc1cccnc1-c1cccc2c1Cc1ccccc1-2)c1ccccc1. The van der Waals surface area contributed by atoms with Crippen LogP contribution in [-0.4, -0.2) is 10.9 Å². The maximum absolute atomic E-state index is 12.7. The Morgan fingerprint density at radius 3 is 2.39 bits per heavy atom. The van der Waals surface area contributed by atoms with Gasteiger partial charge in [0, 0.05) is 17.3 Å². The highest BCUT2D eigenvalue weighted by Crippen LogP contribution is 2.42. The normalized spacial score (nSPS) is 11.6. The van der Waals surface area contributed by atoms with E-state index in [4.69, 9.17) is 0 Å². The molecule has 3 nitrogen and oxygen atoms in total. The molecule has 1 N–H and O–H groups in total. The van der Waals surface area contributed by atoms with Gasteiger partial charge in [-0.05, 0) is 52.9 Å². The van der Waals surface area contributed by atoms with Crippen LogP contribution in [0.1, 0.15) is 21.5 Å². The predicted molar refractivity (Wildman–Crippen MR) is 112 cm³/mol. The number of rotatable bonds is 3. The molecule has 28 heavy (non-hydrogen) atoms. The third kappa shape index (κ3) is 2.78. The lowest BCUT2D eigenvalue weighted by Crippen LogP contribution is -2.13. The van der Waals surface area contributed by atoms with Gasteiger partial charge < -0.3 is 5.32 Å². The van der Waals surface area contributed by atoms with E-state index in [0.29, 0.717) is 5.56 Å². The zero-order valence-corrected chi connectivity index (χ0v) is 15.2. The molecule has 134 valence electrons. The van der Waals surface area contributed by atoms with E-state index < -0.39 is 0 Å². The number of carbonyl (C=O) groups excluding carboxylic acids is 1. The Hall–Kier alpha value is -3.72. The molecule has 0 fully saturated rings. The summed E-state index contributed by atoms with van der Waals surface area (Å²) in [5, 5.41) is 3.04. The Balaban J connectivity index is 1.57. The van der Waals surface area contributed by atoms with Crippen LogP contribution in [0, 0.1) is 0 Å². The fourth-order valence-corrected chi connectivity index (χ4v) is 3.88. The second-order valence-corrected chi connectivity index (χ2v) is 6.89. The molecule has 0 atom stereocenters. The van der Waals surface area contributed by atoms with Crippen molar-refractivity contribution in [2.45, 2.75) is 6.42 Å². The Morgan fingerprint density at radius 1 is 0.750 bits per heavy atom. The van der Waals surface area contributed by atoms with Gasteiger partial charge in [-0.15, -0.1) is 0 Å². The summed E-state index contributed by atoms with van der Waals surface area (Å²) in [5.41, 5.74) is 8.34. The first-order chi connectivity index (χ1) is 13.8. The van der Waals surface area contributed by atoms with E-state index in [1.807, 2.05) is 42.5 Å². The molecule has 1 aliphatic carbocycles. The predicted octanol–water partition coefficient (Wildman–Crippen LogP) is 5.57. The molecule has 0 radical (unpaired) electrons. The number of nitrogens with zero attached hydrogens (tertiary/aromatic N) is 1. The smallest absolute Gasteiger partial charge is 0.255 e. The van der Waals surface area contributed by atoms with Crippen LogP contribution in [0.2, 0.25) is 0 Å². The zero-order chi connectivity index (χ0) is 18.9. The van der Waals surface area contributed by atoms with Gasteiger partial charge in [0.1, 0.15) is 0 Å². The van der Waals surface area contributed by atoms with E-state index in [0.717, 1.165) is 23.4 Å². The Morgan fingerprint density at radius 2 is 1.50 bits per heavy atom. The number of nitrogens with one attached hydrogen (secondary N) is 1. The molecule has 1 aliphatic rings.